The predicted molar refractivity (Wildman–Crippen MR) is 190 cm³/mol. The van der Waals surface area contributed by atoms with Gasteiger partial charge in [-0.1, -0.05) is 0 Å². The van der Waals surface area contributed by atoms with Gasteiger partial charge >= 0.3 is 280 Å². The molecule has 0 saturated heterocycles. The molecule has 6 aromatic rings. The molecule has 232 valence electrons. The summed E-state index contributed by atoms with van der Waals surface area (Å²) < 4.78 is 1.18. The van der Waals surface area contributed by atoms with Crippen LogP contribution in [-0.2, 0) is 22.9 Å². The fourth-order valence-corrected chi connectivity index (χ4v) is 16.5. The Balaban J connectivity index is 0.00000193. The van der Waals surface area contributed by atoms with Crippen molar-refractivity contribution in [2.24, 2.45) is 11.8 Å². The summed E-state index contributed by atoms with van der Waals surface area (Å²) in [6, 6.07) is 45.5. The SMILES string of the molecule is CC(C)C1=Cc2c(-c3cccc4ccccc34)cccc2[CH]1[Hf+2][CH]1C(C(C)C)=Cc2c(-c3cccc4ccccc34)cccc21.[Cl-].[Cl-]. The first-order valence-electron chi connectivity index (χ1n) is 16.4. The van der Waals surface area contributed by atoms with Gasteiger partial charge in [0.15, 0.2) is 0 Å². The number of hydrogen-bond donors (Lipinski definition) is 0. The van der Waals surface area contributed by atoms with E-state index in [0.29, 0.717) is 19.2 Å². The molecular weight excluding hydrogens is 778 g/mol. The molecule has 0 amide bonds. The number of rotatable bonds is 6. The molecule has 0 aromatic heterocycles. The van der Waals surface area contributed by atoms with Gasteiger partial charge < -0.3 is 24.8 Å². The summed E-state index contributed by atoms with van der Waals surface area (Å²) in [4.78, 5) is 0. The van der Waals surface area contributed by atoms with E-state index in [0.717, 1.165) is 0 Å². The summed E-state index contributed by atoms with van der Waals surface area (Å²) in [6.45, 7) is 9.64. The fraction of sp³-hybridized carbons (Fsp3) is 0.182. The van der Waals surface area contributed by atoms with Crippen molar-refractivity contribution in [3.05, 3.63) is 155 Å². The Morgan fingerprint density at radius 3 is 1.21 bits per heavy atom. The molecule has 0 heterocycles. The van der Waals surface area contributed by atoms with Crippen molar-refractivity contribution >= 4 is 33.7 Å². The van der Waals surface area contributed by atoms with Gasteiger partial charge in [0.1, 0.15) is 0 Å². The Bertz CT molecular complexity index is 2000. The third-order valence-corrected chi connectivity index (χ3v) is 17.0. The number of allylic oxidation sites excluding steroid dienone is 2. The quantitative estimate of drug-likeness (QED) is 0.173. The van der Waals surface area contributed by atoms with Crippen LogP contribution >= 0.6 is 0 Å². The van der Waals surface area contributed by atoms with Gasteiger partial charge in [-0.15, -0.1) is 0 Å². The third kappa shape index (κ3) is 5.79. The van der Waals surface area contributed by atoms with Crippen LogP contribution in [0.1, 0.15) is 57.3 Å². The van der Waals surface area contributed by atoms with Crippen LogP contribution in [0.25, 0.3) is 56.0 Å². The van der Waals surface area contributed by atoms with E-state index in [2.05, 4.69) is 161 Å². The standard InChI is InChI=1S/2C22H19.2ClH.Hf/c2*1-15(2)18-13-17-9-6-12-21(22(17)14-18)20-11-5-8-16-7-3-4-10-19(16)20;;;/h2*3-15H,1-2H3;2*1H;/q;;;;+2/p-2. The van der Waals surface area contributed by atoms with Gasteiger partial charge in [-0.05, 0) is 0 Å². The first-order chi connectivity index (χ1) is 22.0. The first-order valence-corrected chi connectivity index (χ1v) is 20.6. The zero-order chi connectivity index (χ0) is 30.7. The Hall–Kier alpha value is -3.23. The molecule has 0 bridgehead atoms. The molecular formula is C44H38Cl2Hf. The predicted octanol–water partition coefficient (Wildman–Crippen LogP) is 6.31. The average Bonchev–Trinajstić information content (AvgIpc) is 3.63. The molecule has 0 radical (unpaired) electrons. The van der Waals surface area contributed by atoms with E-state index in [4.69, 9.17) is 0 Å². The fourth-order valence-electron chi connectivity index (χ4n) is 7.78. The molecule has 2 atom stereocenters. The smallest absolute Gasteiger partial charge is 1.00 e. The minimum atomic E-state index is -1.34. The normalized spacial score (nSPS) is 16.3. The Morgan fingerprint density at radius 1 is 0.426 bits per heavy atom. The minimum absolute atomic E-state index is 0. The molecule has 2 unspecified atom stereocenters. The van der Waals surface area contributed by atoms with E-state index in [1.807, 2.05) is 0 Å². The number of benzene rings is 6. The third-order valence-electron chi connectivity index (χ3n) is 10.0. The van der Waals surface area contributed by atoms with Gasteiger partial charge in [-0.25, -0.2) is 0 Å². The van der Waals surface area contributed by atoms with Crippen molar-refractivity contribution in [1.82, 2.24) is 0 Å². The zero-order valence-electron chi connectivity index (χ0n) is 27.3. The van der Waals surface area contributed by atoms with E-state index in [9.17, 15) is 0 Å². The van der Waals surface area contributed by atoms with Crippen molar-refractivity contribution in [3.63, 3.8) is 0 Å². The van der Waals surface area contributed by atoms with Crippen molar-refractivity contribution < 1.29 is 47.7 Å². The van der Waals surface area contributed by atoms with E-state index in [1.165, 1.54) is 54.9 Å². The van der Waals surface area contributed by atoms with Crippen LogP contribution in [0.4, 0.5) is 0 Å². The largest absolute Gasteiger partial charge is 1.00 e. The molecule has 3 heteroatoms. The maximum atomic E-state index is 2.59. The van der Waals surface area contributed by atoms with E-state index in [1.54, 1.807) is 22.3 Å². The molecule has 0 spiro atoms. The second-order valence-electron chi connectivity index (χ2n) is 13.3. The van der Waals surface area contributed by atoms with Gasteiger partial charge in [0, 0.05) is 0 Å². The van der Waals surface area contributed by atoms with Gasteiger partial charge in [0.2, 0.25) is 0 Å². The summed E-state index contributed by atoms with van der Waals surface area (Å²) in [7, 11) is 0. The van der Waals surface area contributed by atoms with E-state index >= 15 is 0 Å². The molecule has 8 rings (SSSR count). The van der Waals surface area contributed by atoms with Crippen molar-refractivity contribution in [1.29, 1.82) is 0 Å². The maximum Gasteiger partial charge on any atom is -1.00 e. The van der Waals surface area contributed by atoms with E-state index in [-0.39, 0.29) is 24.8 Å². The van der Waals surface area contributed by atoms with Crippen LogP contribution in [0.5, 0.6) is 0 Å². The second-order valence-corrected chi connectivity index (χ2v) is 18.6. The van der Waals surface area contributed by atoms with Crippen molar-refractivity contribution in [2.75, 3.05) is 0 Å². The number of halogens is 2. The maximum absolute atomic E-state index is 2.59. The molecule has 0 aliphatic heterocycles. The topological polar surface area (TPSA) is 0 Å². The van der Waals surface area contributed by atoms with Crippen LogP contribution in [0.3, 0.4) is 0 Å². The molecule has 47 heavy (non-hydrogen) atoms. The minimum Gasteiger partial charge on any atom is -1.00 e. The molecule has 0 saturated carbocycles. The molecule has 0 fully saturated rings. The number of fused-ring (bicyclic) bond motifs is 4. The van der Waals surface area contributed by atoms with Gasteiger partial charge in [0.05, 0.1) is 0 Å². The molecule has 0 nitrogen and oxygen atoms in total. The van der Waals surface area contributed by atoms with Crippen molar-refractivity contribution in [2.45, 2.75) is 35.0 Å². The summed E-state index contributed by atoms with van der Waals surface area (Å²) in [5.41, 5.74) is 14.9. The Kier molecular flexibility index (Phi) is 9.82. The van der Waals surface area contributed by atoms with E-state index < -0.39 is 22.9 Å². The van der Waals surface area contributed by atoms with Crippen LogP contribution in [0, 0.1) is 11.8 Å². The molecule has 2 aliphatic carbocycles. The molecule has 0 N–H and O–H groups in total. The Morgan fingerprint density at radius 2 is 0.787 bits per heavy atom. The Labute approximate surface area is 303 Å². The summed E-state index contributed by atoms with van der Waals surface area (Å²) in [5.74, 6) is 1.06. The monoisotopic (exact) mass is 816 g/mol. The number of hydrogen-bond acceptors (Lipinski definition) is 0. The second kappa shape index (κ2) is 13.7. The summed E-state index contributed by atoms with van der Waals surface area (Å²) >= 11 is -1.34. The average molecular weight is 816 g/mol. The van der Waals surface area contributed by atoms with Crippen LogP contribution in [0.15, 0.2) is 132 Å². The van der Waals surface area contributed by atoms with Gasteiger partial charge in [-0.2, -0.15) is 0 Å². The molecule has 6 aromatic carbocycles. The van der Waals surface area contributed by atoms with Gasteiger partial charge in [-0.3, -0.25) is 0 Å². The summed E-state index contributed by atoms with van der Waals surface area (Å²) in [6.07, 6.45) is 5.19. The summed E-state index contributed by atoms with van der Waals surface area (Å²) in [5, 5.41) is 5.30. The van der Waals surface area contributed by atoms with Crippen LogP contribution < -0.4 is 24.8 Å². The van der Waals surface area contributed by atoms with Crippen LogP contribution in [0.2, 0.25) is 0 Å². The zero-order valence-corrected chi connectivity index (χ0v) is 32.4. The molecule has 2 aliphatic rings. The van der Waals surface area contributed by atoms with Crippen molar-refractivity contribution in [3.8, 4) is 22.3 Å². The van der Waals surface area contributed by atoms with Gasteiger partial charge in [0.25, 0.3) is 0 Å². The first kappa shape index (κ1) is 33.7. The van der Waals surface area contributed by atoms with Crippen LogP contribution in [-0.4, -0.2) is 0 Å².